The molecule has 0 radical (unpaired) electrons. The lowest BCUT2D eigenvalue weighted by Gasteiger charge is -2.29. The van der Waals surface area contributed by atoms with E-state index in [-0.39, 0.29) is 5.82 Å². The van der Waals surface area contributed by atoms with Gasteiger partial charge < -0.3 is 19.6 Å². The molecule has 1 aliphatic carbocycles. The molecule has 1 fully saturated rings. The average Bonchev–Trinajstić information content (AvgIpc) is 3.58. The monoisotopic (exact) mass is 475 g/mol. The zero-order valence-corrected chi connectivity index (χ0v) is 20.0. The Kier molecular flexibility index (Phi) is 5.72. The number of oxazole rings is 1. The Labute approximate surface area is 203 Å². The summed E-state index contributed by atoms with van der Waals surface area (Å²) < 4.78 is 21.9. The molecule has 8 nitrogen and oxygen atoms in total. The molecule has 3 aromatic heterocycles. The summed E-state index contributed by atoms with van der Waals surface area (Å²) in [6, 6.07) is 4.47. The average molecular weight is 476 g/mol. The minimum atomic E-state index is -0.821. The summed E-state index contributed by atoms with van der Waals surface area (Å²) in [5.41, 5.74) is 11.8. The van der Waals surface area contributed by atoms with E-state index in [0.29, 0.717) is 35.9 Å². The highest BCUT2D eigenvalue weighted by Crippen LogP contribution is 2.33. The molecule has 4 heterocycles. The maximum atomic E-state index is 14.2. The largest absolute Gasteiger partial charge is 0.445 e. The van der Waals surface area contributed by atoms with Gasteiger partial charge in [0.15, 0.2) is 17.0 Å². The Bertz CT molecular complexity index is 1360. The Morgan fingerprint density at radius 3 is 2.80 bits per heavy atom. The van der Waals surface area contributed by atoms with Crippen LogP contribution >= 0.6 is 0 Å². The van der Waals surface area contributed by atoms with E-state index < -0.39 is 6.08 Å². The number of hydrogen-bond acceptors (Lipinski definition) is 7. The molecule has 182 valence electrons. The van der Waals surface area contributed by atoms with Gasteiger partial charge in [0.25, 0.3) is 0 Å². The van der Waals surface area contributed by atoms with Crippen LogP contribution in [0.5, 0.6) is 0 Å². The number of nitrogens with zero attached hydrogens (tertiary/aromatic N) is 6. The number of nitrogens with two attached hydrogens (primary N) is 1. The SMILES string of the molecule is CN1CCCC(CCn2c(Cc3cc4c(cc3-c3ncco3)CCC4)nc3c(N)nc(F)nc32)C1. The van der Waals surface area contributed by atoms with E-state index in [0.717, 1.165) is 55.7 Å². The van der Waals surface area contributed by atoms with Gasteiger partial charge in [-0.2, -0.15) is 14.4 Å². The van der Waals surface area contributed by atoms with Crippen molar-refractivity contribution in [2.75, 3.05) is 25.9 Å². The van der Waals surface area contributed by atoms with Crippen LogP contribution in [0.4, 0.5) is 10.2 Å². The van der Waals surface area contributed by atoms with Gasteiger partial charge in [0.05, 0.1) is 6.20 Å². The van der Waals surface area contributed by atoms with Gasteiger partial charge in [-0.1, -0.05) is 6.07 Å². The van der Waals surface area contributed by atoms with Gasteiger partial charge in [0.2, 0.25) is 5.89 Å². The lowest BCUT2D eigenvalue weighted by atomic mass is 9.95. The molecule has 2 N–H and O–H groups in total. The summed E-state index contributed by atoms with van der Waals surface area (Å²) in [5.74, 6) is 2.08. The highest BCUT2D eigenvalue weighted by molar-refractivity contribution is 5.82. The van der Waals surface area contributed by atoms with Gasteiger partial charge in [-0.25, -0.2) is 9.97 Å². The number of nitrogen functional groups attached to an aromatic ring is 1. The van der Waals surface area contributed by atoms with Crippen LogP contribution in [-0.2, 0) is 25.8 Å². The van der Waals surface area contributed by atoms with Crippen molar-refractivity contribution < 1.29 is 8.81 Å². The van der Waals surface area contributed by atoms with Crippen molar-refractivity contribution in [2.45, 2.75) is 51.5 Å². The molecule has 1 saturated heterocycles. The maximum absolute atomic E-state index is 14.2. The molecule has 6 rings (SSSR count). The van der Waals surface area contributed by atoms with Gasteiger partial charge in [0.1, 0.15) is 12.1 Å². The topological polar surface area (TPSA) is 98.9 Å². The van der Waals surface area contributed by atoms with Gasteiger partial charge in [-0.3, -0.25) is 0 Å². The maximum Gasteiger partial charge on any atom is 0.312 e. The number of piperidine rings is 1. The summed E-state index contributed by atoms with van der Waals surface area (Å²) in [6.07, 6.45) is 9.68. The molecule has 0 spiro atoms. The number of imidazole rings is 1. The molecule has 1 aromatic carbocycles. The second kappa shape index (κ2) is 9.03. The quantitative estimate of drug-likeness (QED) is 0.421. The standard InChI is InChI=1S/C26H30FN7O/c1-33-9-3-4-16(15-33)7-10-34-21(30-22-23(28)31-26(27)32-24(22)34)14-19-12-17-5-2-6-18(17)13-20(19)25-29-8-11-35-25/h8,11-13,16H,2-7,9-10,14-15H2,1H3,(H2,28,31,32). The van der Waals surface area contributed by atoms with Crippen LogP contribution in [-0.4, -0.2) is 49.5 Å². The zero-order chi connectivity index (χ0) is 23.9. The summed E-state index contributed by atoms with van der Waals surface area (Å²) in [5, 5.41) is 0. The van der Waals surface area contributed by atoms with E-state index in [4.69, 9.17) is 15.1 Å². The Morgan fingerprint density at radius 1 is 1.14 bits per heavy atom. The van der Waals surface area contributed by atoms with Crippen LogP contribution in [0.25, 0.3) is 22.6 Å². The van der Waals surface area contributed by atoms with Crippen molar-refractivity contribution in [3.63, 3.8) is 0 Å². The number of anilines is 1. The van der Waals surface area contributed by atoms with Gasteiger partial charge in [-0.15, -0.1) is 0 Å². The Morgan fingerprint density at radius 2 is 2.00 bits per heavy atom. The molecule has 35 heavy (non-hydrogen) atoms. The first kappa shape index (κ1) is 22.2. The molecule has 0 bridgehead atoms. The summed E-state index contributed by atoms with van der Waals surface area (Å²) in [4.78, 5) is 19.5. The molecular weight excluding hydrogens is 445 g/mol. The van der Waals surface area contributed by atoms with Crippen LogP contribution in [0.1, 0.15) is 48.2 Å². The lowest BCUT2D eigenvalue weighted by molar-refractivity contribution is 0.197. The minimum Gasteiger partial charge on any atom is -0.445 e. The lowest BCUT2D eigenvalue weighted by Crippen LogP contribution is -2.32. The second-order valence-corrected chi connectivity index (χ2v) is 9.93. The smallest absolute Gasteiger partial charge is 0.312 e. The van der Waals surface area contributed by atoms with E-state index in [1.54, 1.807) is 12.5 Å². The summed E-state index contributed by atoms with van der Waals surface area (Å²) >= 11 is 0. The minimum absolute atomic E-state index is 0.0757. The predicted molar refractivity (Wildman–Crippen MR) is 131 cm³/mol. The first-order valence-electron chi connectivity index (χ1n) is 12.5. The fourth-order valence-electron chi connectivity index (χ4n) is 5.78. The van der Waals surface area contributed by atoms with Gasteiger partial charge >= 0.3 is 6.08 Å². The Balaban J connectivity index is 1.40. The van der Waals surface area contributed by atoms with E-state index in [2.05, 4.69) is 39.0 Å². The van der Waals surface area contributed by atoms with E-state index in [1.165, 1.54) is 24.0 Å². The second-order valence-electron chi connectivity index (χ2n) is 9.93. The van der Waals surface area contributed by atoms with Gasteiger partial charge in [-0.05, 0) is 80.8 Å². The highest BCUT2D eigenvalue weighted by Gasteiger charge is 2.23. The molecule has 2 aliphatic rings. The molecule has 0 amide bonds. The van der Waals surface area contributed by atoms with E-state index in [1.807, 2.05) is 4.57 Å². The fourth-order valence-corrected chi connectivity index (χ4v) is 5.78. The van der Waals surface area contributed by atoms with Crippen molar-refractivity contribution in [2.24, 2.45) is 5.92 Å². The van der Waals surface area contributed by atoms with Crippen molar-refractivity contribution >= 4 is 17.0 Å². The fraction of sp³-hybridized carbons (Fsp3) is 0.462. The number of aromatic nitrogens is 5. The third-order valence-electron chi connectivity index (χ3n) is 7.49. The molecule has 0 saturated carbocycles. The van der Waals surface area contributed by atoms with Crippen molar-refractivity contribution in [1.29, 1.82) is 0 Å². The van der Waals surface area contributed by atoms with Crippen LogP contribution in [0.3, 0.4) is 0 Å². The first-order valence-corrected chi connectivity index (χ1v) is 12.5. The number of halogens is 1. The van der Waals surface area contributed by atoms with E-state index >= 15 is 0 Å². The molecular formula is C26H30FN7O. The molecule has 9 heteroatoms. The summed E-state index contributed by atoms with van der Waals surface area (Å²) in [7, 11) is 2.17. The third-order valence-corrected chi connectivity index (χ3v) is 7.49. The van der Waals surface area contributed by atoms with Crippen LogP contribution in [0.15, 0.2) is 29.0 Å². The number of hydrogen-bond donors (Lipinski definition) is 1. The number of rotatable bonds is 6. The van der Waals surface area contributed by atoms with Crippen LogP contribution in [0, 0.1) is 12.0 Å². The number of likely N-dealkylation sites (tertiary alicyclic amines) is 1. The van der Waals surface area contributed by atoms with E-state index in [9.17, 15) is 4.39 Å². The number of benzene rings is 1. The first-order chi connectivity index (χ1) is 17.0. The predicted octanol–water partition coefficient (Wildman–Crippen LogP) is 4.01. The third kappa shape index (κ3) is 4.29. The molecule has 1 unspecified atom stereocenters. The van der Waals surface area contributed by atoms with Gasteiger partial charge in [0, 0.05) is 25.1 Å². The zero-order valence-electron chi connectivity index (χ0n) is 20.0. The highest BCUT2D eigenvalue weighted by atomic mass is 19.1. The number of fused-ring (bicyclic) bond motifs is 2. The molecule has 1 aliphatic heterocycles. The van der Waals surface area contributed by atoms with Crippen molar-refractivity contribution in [1.82, 2.24) is 29.4 Å². The van der Waals surface area contributed by atoms with Crippen molar-refractivity contribution in [3.8, 4) is 11.5 Å². The normalized spacial score (nSPS) is 18.4. The summed E-state index contributed by atoms with van der Waals surface area (Å²) in [6.45, 7) is 2.93. The van der Waals surface area contributed by atoms with Crippen LogP contribution < -0.4 is 5.73 Å². The molecule has 4 aromatic rings. The van der Waals surface area contributed by atoms with Crippen LogP contribution in [0.2, 0.25) is 0 Å². The Hall–Kier alpha value is -3.33. The molecule has 1 atom stereocenters. The number of aryl methyl sites for hydroxylation is 3. The van der Waals surface area contributed by atoms with Crippen molar-refractivity contribution in [3.05, 3.63) is 53.2 Å².